The zero-order valence-corrected chi connectivity index (χ0v) is 15.3. The maximum Gasteiger partial charge on any atom is 0.304 e. The number of nitrogens with zero attached hydrogens (tertiary/aromatic N) is 2. The molecule has 0 saturated heterocycles. The highest BCUT2D eigenvalue weighted by Gasteiger charge is 2.26. The lowest BCUT2D eigenvalue weighted by molar-refractivity contribution is -0.383. The Kier molecular flexibility index (Phi) is 5.01. The van der Waals surface area contributed by atoms with Crippen molar-refractivity contribution < 1.29 is 13.3 Å². The summed E-state index contributed by atoms with van der Waals surface area (Å²) in [5.41, 5.74) is 1.25. The Bertz CT molecular complexity index is 979. The number of pyridine rings is 1. The summed E-state index contributed by atoms with van der Waals surface area (Å²) in [5, 5.41) is 14.7. The summed E-state index contributed by atoms with van der Waals surface area (Å²) in [6.45, 7) is 0. The van der Waals surface area contributed by atoms with E-state index in [1.807, 2.05) is 42.5 Å². The third-order valence-corrected chi connectivity index (χ3v) is 6.50. The predicted octanol–water partition coefficient (Wildman–Crippen LogP) is 3.66. The van der Waals surface area contributed by atoms with Gasteiger partial charge in [-0.2, -0.15) is 0 Å². The molecule has 0 bridgehead atoms. The molecule has 0 aliphatic rings. The second-order valence-electron chi connectivity index (χ2n) is 5.55. The number of nitro groups is 1. The van der Waals surface area contributed by atoms with E-state index in [-0.39, 0.29) is 14.9 Å². The van der Waals surface area contributed by atoms with Crippen LogP contribution in [0.5, 0.6) is 0 Å². The van der Waals surface area contributed by atoms with Crippen molar-refractivity contribution in [3.63, 3.8) is 0 Å². The summed E-state index contributed by atoms with van der Waals surface area (Å²) >= 11 is 0.844. The van der Waals surface area contributed by atoms with E-state index in [0.717, 1.165) is 29.2 Å². The number of hydrogen-bond donors (Lipinski definition) is 1. The van der Waals surface area contributed by atoms with E-state index in [4.69, 9.17) is 0 Å². The number of aromatic nitrogens is 1. The Labute approximate surface area is 154 Å². The molecule has 3 rings (SSSR count). The number of thiophene rings is 1. The zero-order chi connectivity index (χ0) is 18.7. The first-order valence-corrected chi connectivity index (χ1v) is 10.3. The standard InChI is InChI=1S/C17H15N3O4S2/c1-26(23,24)15-11-14(20(21)22)17(25-15)19-16(12-7-3-2-4-8-12)13-9-5-6-10-18-13/h2-11,16,19H,1H3. The molecule has 7 nitrogen and oxygen atoms in total. The number of nitrogens with one attached hydrogen (secondary N) is 1. The van der Waals surface area contributed by atoms with E-state index >= 15 is 0 Å². The van der Waals surface area contributed by atoms with Crippen LogP contribution in [0.1, 0.15) is 17.3 Å². The molecular formula is C17H15N3O4S2. The van der Waals surface area contributed by atoms with Gasteiger partial charge in [-0.25, -0.2) is 8.42 Å². The van der Waals surface area contributed by atoms with Gasteiger partial charge in [0.1, 0.15) is 4.21 Å². The van der Waals surface area contributed by atoms with Crippen LogP contribution in [0, 0.1) is 10.1 Å². The molecule has 9 heteroatoms. The Hall–Kier alpha value is -2.78. The normalized spacial score (nSPS) is 12.5. The molecule has 2 heterocycles. The molecule has 1 unspecified atom stereocenters. The van der Waals surface area contributed by atoms with Crippen molar-refractivity contribution in [3.05, 3.63) is 82.2 Å². The van der Waals surface area contributed by atoms with Gasteiger partial charge in [-0.15, -0.1) is 0 Å². The van der Waals surface area contributed by atoms with Crippen LogP contribution in [0.3, 0.4) is 0 Å². The van der Waals surface area contributed by atoms with E-state index < -0.39 is 20.8 Å². The van der Waals surface area contributed by atoms with Crippen LogP contribution in [0.15, 0.2) is 65.0 Å². The third-order valence-electron chi connectivity index (χ3n) is 3.64. The van der Waals surface area contributed by atoms with E-state index in [2.05, 4.69) is 10.3 Å². The number of sulfone groups is 1. The lowest BCUT2D eigenvalue weighted by Gasteiger charge is -2.18. The molecule has 1 N–H and O–H groups in total. The lowest BCUT2D eigenvalue weighted by atomic mass is 10.0. The molecule has 0 fully saturated rings. The Balaban J connectivity index is 2.08. The topological polar surface area (TPSA) is 102 Å². The van der Waals surface area contributed by atoms with Crippen LogP contribution in [0.25, 0.3) is 0 Å². The molecule has 0 saturated carbocycles. The molecule has 0 radical (unpaired) electrons. The van der Waals surface area contributed by atoms with Gasteiger partial charge in [0, 0.05) is 18.5 Å². The number of rotatable bonds is 6. The highest BCUT2D eigenvalue weighted by Crippen LogP contribution is 2.40. The van der Waals surface area contributed by atoms with Gasteiger partial charge in [0.25, 0.3) is 0 Å². The summed E-state index contributed by atoms with van der Waals surface area (Å²) in [7, 11) is -3.54. The molecule has 0 aliphatic heterocycles. The zero-order valence-electron chi connectivity index (χ0n) is 13.7. The second-order valence-corrected chi connectivity index (χ2v) is 8.85. The van der Waals surface area contributed by atoms with Crippen LogP contribution in [-0.4, -0.2) is 24.6 Å². The van der Waals surface area contributed by atoms with Crippen LogP contribution in [0.2, 0.25) is 0 Å². The van der Waals surface area contributed by atoms with Gasteiger partial charge in [0.15, 0.2) is 14.8 Å². The SMILES string of the molecule is CS(=O)(=O)c1cc([N+](=O)[O-])c(NC(c2ccccc2)c2ccccn2)s1. The molecule has 134 valence electrons. The highest BCUT2D eigenvalue weighted by molar-refractivity contribution is 7.92. The van der Waals surface area contributed by atoms with Crippen molar-refractivity contribution in [1.29, 1.82) is 0 Å². The van der Waals surface area contributed by atoms with Crippen molar-refractivity contribution in [2.45, 2.75) is 10.3 Å². The molecule has 0 aliphatic carbocycles. The maximum atomic E-state index is 11.8. The molecule has 1 atom stereocenters. The minimum atomic E-state index is -3.54. The van der Waals surface area contributed by atoms with Gasteiger partial charge in [0.05, 0.1) is 16.7 Å². The van der Waals surface area contributed by atoms with Gasteiger partial charge in [-0.05, 0) is 17.7 Å². The minimum absolute atomic E-state index is 0.0560. The van der Waals surface area contributed by atoms with E-state index in [1.165, 1.54) is 0 Å². The minimum Gasteiger partial charge on any atom is -0.359 e. The van der Waals surface area contributed by atoms with Crippen molar-refractivity contribution >= 4 is 31.9 Å². The molecule has 1 aromatic carbocycles. The van der Waals surface area contributed by atoms with Crippen LogP contribution < -0.4 is 5.32 Å². The fraction of sp³-hybridized carbons (Fsp3) is 0.118. The maximum absolute atomic E-state index is 11.8. The van der Waals surface area contributed by atoms with Crippen molar-refractivity contribution in [3.8, 4) is 0 Å². The molecule has 3 aromatic rings. The molecule has 0 amide bonds. The van der Waals surface area contributed by atoms with Crippen molar-refractivity contribution in [2.24, 2.45) is 0 Å². The molecule has 26 heavy (non-hydrogen) atoms. The summed E-state index contributed by atoms with van der Waals surface area (Å²) in [6.07, 6.45) is 2.66. The van der Waals surface area contributed by atoms with Crippen molar-refractivity contribution in [2.75, 3.05) is 11.6 Å². The first-order chi connectivity index (χ1) is 12.4. The van der Waals surface area contributed by atoms with E-state index in [1.54, 1.807) is 12.3 Å². The average molecular weight is 389 g/mol. The van der Waals surface area contributed by atoms with Crippen LogP contribution in [0.4, 0.5) is 10.7 Å². The number of benzene rings is 1. The fourth-order valence-electron chi connectivity index (χ4n) is 2.43. The molecule has 2 aromatic heterocycles. The van der Waals surface area contributed by atoms with Gasteiger partial charge < -0.3 is 5.32 Å². The largest absolute Gasteiger partial charge is 0.359 e. The summed E-state index contributed by atoms with van der Waals surface area (Å²) < 4.78 is 23.5. The molecule has 0 spiro atoms. The fourth-order valence-corrected chi connectivity index (χ4v) is 4.40. The number of hydrogen-bond acceptors (Lipinski definition) is 7. The van der Waals surface area contributed by atoms with E-state index in [9.17, 15) is 18.5 Å². The van der Waals surface area contributed by atoms with Gasteiger partial charge in [-0.1, -0.05) is 47.7 Å². The first-order valence-electron chi connectivity index (χ1n) is 7.57. The van der Waals surface area contributed by atoms with Gasteiger partial charge >= 0.3 is 5.69 Å². The quantitative estimate of drug-likeness (QED) is 0.510. The Morgan fingerprint density at radius 1 is 1.15 bits per heavy atom. The second kappa shape index (κ2) is 7.22. The van der Waals surface area contributed by atoms with Crippen LogP contribution in [-0.2, 0) is 9.84 Å². The van der Waals surface area contributed by atoms with Gasteiger partial charge in [0.2, 0.25) is 0 Å². The average Bonchev–Trinajstić information content (AvgIpc) is 3.06. The van der Waals surface area contributed by atoms with Crippen LogP contribution >= 0.6 is 11.3 Å². The van der Waals surface area contributed by atoms with Gasteiger partial charge in [-0.3, -0.25) is 15.1 Å². The summed E-state index contributed by atoms with van der Waals surface area (Å²) in [5.74, 6) is 0. The predicted molar refractivity (Wildman–Crippen MR) is 100 cm³/mol. The number of anilines is 1. The van der Waals surface area contributed by atoms with E-state index in [0.29, 0.717) is 5.69 Å². The Morgan fingerprint density at radius 2 is 1.85 bits per heavy atom. The smallest absolute Gasteiger partial charge is 0.304 e. The first kappa shape index (κ1) is 18.0. The third kappa shape index (κ3) is 3.89. The summed E-state index contributed by atoms with van der Waals surface area (Å²) in [6, 6.07) is 15.4. The Morgan fingerprint density at radius 3 is 2.42 bits per heavy atom. The molecular weight excluding hydrogens is 374 g/mol. The monoisotopic (exact) mass is 389 g/mol. The lowest BCUT2D eigenvalue weighted by Crippen LogP contribution is -2.13. The van der Waals surface area contributed by atoms with Crippen molar-refractivity contribution in [1.82, 2.24) is 4.98 Å². The highest BCUT2D eigenvalue weighted by atomic mass is 32.2. The summed E-state index contributed by atoms with van der Waals surface area (Å²) in [4.78, 5) is 15.1.